The van der Waals surface area contributed by atoms with Crippen molar-refractivity contribution in [2.45, 2.75) is 6.92 Å². The molecule has 120 valence electrons. The van der Waals surface area contributed by atoms with Gasteiger partial charge in [0.25, 0.3) is 11.8 Å². The first-order valence-electron chi connectivity index (χ1n) is 6.57. The van der Waals surface area contributed by atoms with E-state index >= 15 is 0 Å². The Morgan fingerprint density at radius 2 is 1.87 bits per heavy atom. The van der Waals surface area contributed by atoms with Gasteiger partial charge in [-0.2, -0.15) is 5.10 Å². The second-order valence-corrected chi connectivity index (χ2v) is 4.94. The van der Waals surface area contributed by atoms with Gasteiger partial charge in [0.05, 0.1) is 7.11 Å². The van der Waals surface area contributed by atoms with Gasteiger partial charge in [-0.15, -0.1) is 0 Å². The molecule has 4 N–H and O–H groups in total. The summed E-state index contributed by atoms with van der Waals surface area (Å²) in [6.45, 7) is 1.77. The molecule has 2 aromatic rings. The number of amides is 2. The molecule has 0 aliphatic carbocycles. The van der Waals surface area contributed by atoms with Gasteiger partial charge in [0, 0.05) is 11.3 Å². The van der Waals surface area contributed by atoms with Crippen molar-refractivity contribution in [1.29, 1.82) is 0 Å². The summed E-state index contributed by atoms with van der Waals surface area (Å²) >= 11 is 4.94. The third kappa shape index (κ3) is 4.51. The average molecular weight is 333 g/mol. The van der Waals surface area contributed by atoms with E-state index in [1.165, 1.54) is 7.11 Å². The van der Waals surface area contributed by atoms with E-state index in [0.29, 0.717) is 11.3 Å². The van der Waals surface area contributed by atoms with E-state index in [9.17, 15) is 9.59 Å². The monoisotopic (exact) mass is 333 g/mol. The van der Waals surface area contributed by atoms with Crippen LogP contribution in [0.3, 0.4) is 0 Å². The lowest BCUT2D eigenvalue weighted by Gasteiger charge is -2.10. The Balaban J connectivity index is 1.84. The van der Waals surface area contributed by atoms with Crippen molar-refractivity contribution in [3.8, 4) is 5.75 Å². The number of carbonyl (C=O) groups excluding carboxylic acids is 2. The maximum atomic E-state index is 12.0. The van der Waals surface area contributed by atoms with Crippen LogP contribution in [-0.2, 0) is 0 Å². The van der Waals surface area contributed by atoms with Crippen LogP contribution in [0.15, 0.2) is 30.3 Å². The number of thiocarbonyl (C=S) groups is 1. The molecule has 0 aliphatic rings. The summed E-state index contributed by atoms with van der Waals surface area (Å²) in [5, 5.41) is 8.86. The quantitative estimate of drug-likeness (QED) is 0.486. The molecule has 1 heterocycles. The molecule has 0 spiro atoms. The van der Waals surface area contributed by atoms with E-state index < -0.39 is 11.8 Å². The predicted octanol–water partition coefficient (Wildman–Crippen LogP) is 0.676. The van der Waals surface area contributed by atoms with Gasteiger partial charge in [-0.1, -0.05) is 0 Å². The van der Waals surface area contributed by atoms with Crippen LogP contribution in [0.1, 0.15) is 26.5 Å². The summed E-state index contributed by atoms with van der Waals surface area (Å²) in [5.74, 6) is -0.241. The Bertz CT molecular complexity index is 726. The van der Waals surface area contributed by atoms with Crippen molar-refractivity contribution < 1.29 is 14.3 Å². The molecule has 0 saturated heterocycles. The number of methoxy groups -OCH3 is 1. The van der Waals surface area contributed by atoms with Crippen LogP contribution < -0.4 is 20.9 Å². The number of aromatic amines is 1. The number of hydrogen-bond acceptors (Lipinski definition) is 5. The van der Waals surface area contributed by atoms with Crippen LogP contribution >= 0.6 is 12.2 Å². The molecule has 0 unspecified atom stereocenters. The van der Waals surface area contributed by atoms with E-state index in [1.54, 1.807) is 37.3 Å². The highest BCUT2D eigenvalue weighted by molar-refractivity contribution is 7.80. The minimum atomic E-state index is -0.476. The SMILES string of the molecule is COc1ccc(C(=O)NC(=S)NNC(=O)c2cc(C)[nH]n2)cc1. The van der Waals surface area contributed by atoms with Gasteiger partial charge in [-0.05, 0) is 49.5 Å². The van der Waals surface area contributed by atoms with Crippen molar-refractivity contribution in [3.63, 3.8) is 0 Å². The van der Waals surface area contributed by atoms with E-state index in [-0.39, 0.29) is 10.8 Å². The van der Waals surface area contributed by atoms with Crippen LogP contribution in [0.4, 0.5) is 0 Å². The lowest BCUT2D eigenvalue weighted by atomic mass is 10.2. The van der Waals surface area contributed by atoms with Crippen molar-refractivity contribution in [2.24, 2.45) is 0 Å². The number of H-pyrrole nitrogens is 1. The number of aryl methyl sites for hydroxylation is 1. The van der Waals surface area contributed by atoms with Crippen molar-refractivity contribution in [2.75, 3.05) is 7.11 Å². The first-order chi connectivity index (χ1) is 11.0. The van der Waals surface area contributed by atoms with Gasteiger partial charge >= 0.3 is 0 Å². The fourth-order valence-electron chi connectivity index (χ4n) is 1.66. The van der Waals surface area contributed by atoms with Gasteiger partial charge in [0.2, 0.25) is 0 Å². The molecular formula is C14H15N5O3S. The topological polar surface area (TPSA) is 108 Å². The molecule has 2 rings (SSSR count). The van der Waals surface area contributed by atoms with E-state index in [1.807, 2.05) is 0 Å². The molecule has 0 fully saturated rings. The zero-order valence-electron chi connectivity index (χ0n) is 12.5. The maximum absolute atomic E-state index is 12.0. The lowest BCUT2D eigenvalue weighted by Crippen LogP contribution is -2.48. The van der Waals surface area contributed by atoms with Crippen LogP contribution in [0.5, 0.6) is 5.75 Å². The van der Waals surface area contributed by atoms with E-state index in [2.05, 4.69) is 26.4 Å². The van der Waals surface area contributed by atoms with Gasteiger partial charge in [-0.25, -0.2) is 0 Å². The standard InChI is InChI=1S/C14H15N5O3S/c1-8-7-11(17-16-8)13(21)18-19-14(23)15-12(20)9-3-5-10(22-2)6-4-9/h3-7H,1-2H3,(H,16,17)(H,18,21)(H2,15,19,20,23). The number of carbonyl (C=O) groups is 2. The third-order valence-electron chi connectivity index (χ3n) is 2.81. The number of benzene rings is 1. The first-order valence-corrected chi connectivity index (χ1v) is 6.98. The highest BCUT2D eigenvalue weighted by Gasteiger charge is 2.11. The van der Waals surface area contributed by atoms with Crippen molar-refractivity contribution >= 4 is 29.1 Å². The molecule has 0 bridgehead atoms. The van der Waals surface area contributed by atoms with Crippen molar-refractivity contribution in [3.05, 3.63) is 47.3 Å². The minimum Gasteiger partial charge on any atom is -0.497 e. The number of hydrazine groups is 1. The Labute approximate surface area is 137 Å². The van der Waals surface area contributed by atoms with Crippen LogP contribution in [0.25, 0.3) is 0 Å². The number of nitrogens with zero attached hydrogens (tertiary/aromatic N) is 1. The summed E-state index contributed by atoms with van der Waals surface area (Å²) in [6, 6.07) is 8.10. The Kier molecular flexibility index (Phi) is 5.26. The van der Waals surface area contributed by atoms with E-state index in [4.69, 9.17) is 17.0 Å². The normalized spacial score (nSPS) is 9.83. The van der Waals surface area contributed by atoms with Crippen LogP contribution in [0, 0.1) is 6.92 Å². The molecule has 1 aromatic heterocycles. The van der Waals surface area contributed by atoms with Gasteiger partial charge in [0.15, 0.2) is 10.8 Å². The summed E-state index contributed by atoms with van der Waals surface area (Å²) in [7, 11) is 1.54. The molecule has 0 atom stereocenters. The number of aromatic nitrogens is 2. The molecule has 0 saturated carbocycles. The fraction of sp³-hybridized carbons (Fsp3) is 0.143. The second-order valence-electron chi connectivity index (χ2n) is 4.53. The summed E-state index contributed by atoms with van der Waals surface area (Å²) in [5.41, 5.74) is 6.14. The zero-order valence-corrected chi connectivity index (χ0v) is 13.3. The molecule has 1 aromatic carbocycles. The van der Waals surface area contributed by atoms with E-state index in [0.717, 1.165) is 5.69 Å². The molecule has 8 nitrogen and oxygen atoms in total. The largest absolute Gasteiger partial charge is 0.497 e. The minimum absolute atomic E-state index is 0.0357. The molecular weight excluding hydrogens is 318 g/mol. The highest BCUT2D eigenvalue weighted by atomic mass is 32.1. The third-order valence-corrected chi connectivity index (χ3v) is 3.01. The zero-order chi connectivity index (χ0) is 16.8. The van der Waals surface area contributed by atoms with Gasteiger partial charge < -0.3 is 4.74 Å². The lowest BCUT2D eigenvalue weighted by molar-refractivity contribution is 0.0930. The van der Waals surface area contributed by atoms with Gasteiger partial charge in [0.1, 0.15) is 5.75 Å². The fourth-order valence-corrected chi connectivity index (χ4v) is 1.80. The first kappa shape index (κ1) is 16.4. The summed E-state index contributed by atoms with van der Waals surface area (Å²) in [4.78, 5) is 23.7. The number of hydrogen-bond donors (Lipinski definition) is 4. The number of nitrogens with one attached hydrogen (secondary N) is 4. The number of rotatable bonds is 3. The Morgan fingerprint density at radius 1 is 1.17 bits per heavy atom. The molecule has 9 heteroatoms. The predicted molar refractivity (Wildman–Crippen MR) is 87.0 cm³/mol. The Hall–Kier alpha value is -2.94. The summed E-state index contributed by atoms with van der Waals surface area (Å²) in [6.07, 6.45) is 0. The average Bonchev–Trinajstić information content (AvgIpc) is 2.99. The molecule has 0 radical (unpaired) electrons. The highest BCUT2D eigenvalue weighted by Crippen LogP contribution is 2.10. The smallest absolute Gasteiger partial charge is 0.290 e. The maximum Gasteiger partial charge on any atom is 0.290 e. The van der Waals surface area contributed by atoms with Crippen LogP contribution in [0.2, 0.25) is 0 Å². The summed E-state index contributed by atoms with van der Waals surface area (Å²) < 4.78 is 5.01. The molecule has 2 amide bonds. The van der Waals surface area contributed by atoms with Crippen LogP contribution in [-0.4, -0.2) is 34.2 Å². The van der Waals surface area contributed by atoms with Gasteiger partial charge in [-0.3, -0.25) is 30.9 Å². The second kappa shape index (κ2) is 7.36. The van der Waals surface area contributed by atoms with Crippen molar-refractivity contribution in [1.82, 2.24) is 26.4 Å². The number of ether oxygens (including phenoxy) is 1. The Morgan fingerprint density at radius 3 is 2.43 bits per heavy atom. The molecule has 0 aliphatic heterocycles. The molecule has 23 heavy (non-hydrogen) atoms.